The summed E-state index contributed by atoms with van der Waals surface area (Å²) in [5.74, 6) is 0.735. The fraction of sp³-hybridized carbons (Fsp3) is 0.682. The normalized spacial score (nSPS) is 22.0. The van der Waals surface area contributed by atoms with E-state index in [1.165, 1.54) is 11.3 Å². The number of piperidine rings is 1. The lowest BCUT2D eigenvalue weighted by atomic mass is 10.1. The largest absolute Gasteiger partial charge is 0.405 e. The number of hydrogen-bond acceptors (Lipinski definition) is 9. The van der Waals surface area contributed by atoms with E-state index in [9.17, 15) is 13.5 Å². The van der Waals surface area contributed by atoms with Gasteiger partial charge < -0.3 is 20.5 Å². The Labute approximate surface area is 208 Å². The standard InChI is InChI=1S/C22H39ClN6O4S/c1-17(30)22-21(23)20(29(27(22)3)26-34(4,31)32)9-6-5-7-16-33-19-10-14-28(15-11-19)18(2)25-13-8-12-24/h8,12-13,17,19,22,26,30H,2,5-7,9-11,14-16,24H2,1,3-4H3/b12-8-,25-13-. The van der Waals surface area contributed by atoms with Crippen molar-refractivity contribution < 1.29 is 18.3 Å². The second-order valence-electron chi connectivity index (χ2n) is 8.68. The molecule has 0 aromatic heterocycles. The average Bonchev–Trinajstić information content (AvgIpc) is 2.99. The summed E-state index contributed by atoms with van der Waals surface area (Å²) in [7, 11) is -1.80. The minimum absolute atomic E-state index is 0.235. The molecule has 2 atom stereocenters. The van der Waals surface area contributed by atoms with E-state index in [0.717, 1.165) is 57.3 Å². The second kappa shape index (κ2) is 13.5. The summed E-state index contributed by atoms with van der Waals surface area (Å²) in [6, 6.07) is -0.487. The zero-order valence-electron chi connectivity index (χ0n) is 20.4. The van der Waals surface area contributed by atoms with Gasteiger partial charge in [0.25, 0.3) is 0 Å². The van der Waals surface area contributed by atoms with Gasteiger partial charge in [-0.05, 0) is 51.3 Å². The fourth-order valence-corrected chi connectivity index (χ4v) is 5.19. The van der Waals surface area contributed by atoms with Gasteiger partial charge in [0.15, 0.2) is 0 Å². The van der Waals surface area contributed by atoms with E-state index < -0.39 is 22.2 Å². The molecule has 2 aliphatic heterocycles. The number of likely N-dealkylation sites (tertiary alicyclic amines) is 1. The average molecular weight is 519 g/mol. The molecule has 2 aliphatic rings. The van der Waals surface area contributed by atoms with Crippen LogP contribution in [-0.4, -0.2) is 86.0 Å². The van der Waals surface area contributed by atoms with E-state index in [1.54, 1.807) is 31.3 Å². The van der Waals surface area contributed by atoms with Gasteiger partial charge in [-0.15, -0.1) is 4.83 Å². The summed E-state index contributed by atoms with van der Waals surface area (Å²) in [5.41, 5.74) is 5.96. The van der Waals surface area contributed by atoms with Crippen LogP contribution in [0.2, 0.25) is 0 Å². The lowest BCUT2D eigenvalue weighted by Gasteiger charge is -2.33. The molecular formula is C22H39ClN6O4S. The minimum atomic E-state index is -3.50. The third-order valence-electron chi connectivity index (χ3n) is 5.86. The van der Waals surface area contributed by atoms with Gasteiger partial charge in [-0.3, -0.25) is 0 Å². The van der Waals surface area contributed by atoms with Gasteiger partial charge in [-0.25, -0.2) is 18.5 Å². The molecule has 194 valence electrons. The van der Waals surface area contributed by atoms with Crippen molar-refractivity contribution in [3.63, 3.8) is 0 Å². The maximum atomic E-state index is 11.8. The first-order valence-electron chi connectivity index (χ1n) is 11.6. The Morgan fingerprint density at radius 3 is 2.65 bits per heavy atom. The predicted octanol–water partition coefficient (Wildman–Crippen LogP) is 1.87. The lowest BCUT2D eigenvalue weighted by molar-refractivity contribution is -0.0282. The van der Waals surface area contributed by atoms with Gasteiger partial charge in [-0.2, -0.15) is 5.01 Å². The van der Waals surface area contributed by atoms with Crippen molar-refractivity contribution in [2.75, 3.05) is 33.0 Å². The Bertz CT molecular complexity index is 869. The van der Waals surface area contributed by atoms with Gasteiger partial charge in [0, 0.05) is 33.0 Å². The zero-order chi connectivity index (χ0) is 25.3. The molecule has 0 bridgehead atoms. The number of ether oxygens (including phenoxy) is 1. The van der Waals surface area contributed by atoms with Crippen molar-refractivity contribution in [3.8, 4) is 0 Å². The topological polar surface area (TPSA) is 124 Å². The SMILES string of the molecule is C=C(/N=C\C=C/N)N1CCC(OCCCCCC2=C(Cl)C(C(C)O)N(C)N2NS(C)(=O)=O)CC1. The molecule has 1 fully saturated rings. The molecule has 4 N–H and O–H groups in total. The van der Waals surface area contributed by atoms with Crippen LogP contribution in [0.4, 0.5) is 0 Å². The van der Waals surface area contributed by atoms with E-state index in [4.69, 9.17) is 22.1 Å². The van der Waals surface area contributed by atoms with Crippen molar-refractivity contribution in [2.45, 2.75) is 63.7 Å². The number of halogens is 1. The molecule has 0 amide bonds. The molecule has 10 nitrogen and oxygen atoms in total. The number of sulfonamides is 1. The molecule has 34 heavy (non-hydrogen) atoms. The van der Waals surface area contributed by atoms with Gasteiger partial charge in [-0.1, -0.05) is 24.6 Å². The van der Waals surface area contributed by atoms with E-state index >= 15 is 0 Å². The van der Waals surface area contributed by atoms with Crippen LogP contribution in [0, 0.1) is 0 Å². The van der Waals surface area contributed by atoms with Gasteiger partial charge in [0.2, 0.25) is 10.0 Å². The molecule has 2 heterocycles. The number of hydrogen-bond donors (Lipinski definition) is 3. The number of nitrogens with two attached hydrogens (primary N) is 1. The van der Waals surface area contributed by atoms with E-state index in [2.05, 4.69) is 21.3 Å². The Morgan fingerprint density at radius 2 is 2.06 bits per heavy atom. The maximum Gasteiger partial charge on any atom is 0.226 e. The van der Waals surface area contributed by atoms with Crippen LogP contribution < -0.4 is 10.6 Å². The van der Waals surface area contributed by atoms with Crippen molar-refractivity contribution in [3.05, 3.63) is 35.4 Å². The lowest BCUT2D eigenvalue weighted by Crippen LogP contribution is -2.51. The number of rotatable bonds is 13. The molecule has 0 radical (unpaired) electrons. The molecule has 0 aliphatic carbocycles. The molecule has 12 heteroatoms. The maximum absolute atomic E-state index is 11.8. The monoisotopic (exact) mass is 518 g/mol. The second-order valence-corrected chi connectivity index (χ2v) is 10.8. The number of aliphatic hydroxyl groups is 1. The van der Waals surface area contributed by atoms with Crippen LogP contribution in [0.25, 0.3) is 0 Å². The Kier molecular flexibility index (Phi) is 11.3. The van der Waals surface area contributed by atoms with Crippen LogP contribution in [0.5, 0.6) is 0 Å². The highest BCUT2D eigenvalue weighted by molar-refractivity contribution is 7.88. The number of nitrogens with zero attached hydrogens (tertiary/aromatic N) is 4. The van der Waals surface area contributed by atoms with Crippen LogP contribution >= 0.6 is 11.6 Å². The van der Waals surface area contributed by atoms with Crippen LogP contribution in [-0.2, 0) is 14.8 Å². The zero-order valence-corrected chi connectivity index (χ0v) is 21.9. The van der Waals surface area contributed by atoms with Crippen molar-refractivity contribution in [1.82, 2.24) is 19.9 Å². The van der Waals surface area contributed by atoms with Crippen molar-refractivity contribution in [1.29, 1.82) is 0 Å². The number of likely N-dealkylation sites (N-methyl/N-ethyl adjacent to an activating group) is 1. The smallest absolute Gasteiger partial charge is 0.226 e. The highest BCUT2D eigenvalue weighted by Gasteiger charge is 2.39. The minimum Gasteiger partial charge on any atom is -0.405 e. The first-order valence-corrected chi connectivity index (χ1v) is 13.9. The third-order valence-corrected chi connectivity index (χ3v) is 6.80. The third kappa shape index (κ3) is 8.54. The molecule has 1 saturated heterocycles. The highest BCUT2D eigenvalue weighted by Crippen LogP contribution is 2.34. The van der Waals surface area contributed by atoms with Crippen molar-refractivity contribution >= 4 is 27.8 Å². The quantitative estimate of drug-likeness (QED) is 0.249. The number of nitrogens with one attached hydrogen (secondary N) is 1. The van der Waals surface area contributed by atoms with Gasteiger partial charge in [0.05, 0.1) is 35.2 Å². The molecule has 0 saturated carbocycles. The van der Waals surface area contributed by atoms with Crippen LogP contribution in [0.15, 0.2) is 40.4 Å². The predicted molar refractivity (Wildman–Crippen MR) is 136 cm³/mol. The number of allylic oxidation sites excluding steroid dienone is 2. The molecule has 2 unspecified atom stereocenters. The summed E-state index contributed by atoms with van der Waals surface area (Å²) < 4.78 is 29.6. The van der Waals surface area contributed by atoms with Crippen LogP contribution in [0.3, 0.4) is 0 Å². The Hall–Kier alpha value is -1.63. The number of aliphatic imine (C=N–C) groups is 1. The summed E-state index contributed by atoms with van der Waals surface area (Å²) in [4.78, 5) is 8.89. The Balaban J connectivity index is 1.72. The molecule has 0 spiro atoms. The first-order chi connectivity index (χ1) is 16.0. The van der Waals surface area contributed by atoms with Gasteiger partial charge >= 0.3 is 0 Å². The molecule has 0 aromatic rings. The summed E-state index contributed by atoms with van der Waals surface area (Å²) in [5, 5.41) is 13.6. The Morgan fingerprint density at radius 1 is 1.38 bits per heavy atom. The molecule has 2 rings (SSSR count). The highest BCUT2D eigenvalue weighted by atomic mass is 35.5. The summed E-state index contributed by atoms with van der Waals surface area (Å²) in [6.45, 7) is 8.03. The van der Waals surface area contributed by atoms with E-state index in [-0.39, 0.29) is 6.10 Å². The number of hydrazine groups is 2. The van der Waals surface area contributed by atoms with Crippen molar-refractivity contribution in [2.24, 2.45) is 10.7 Å². The van der Waals surface area contributed by atoms with Gasteiger partial charge in [0.1, 0.15) is 5.82 Å². The summed E-state index contributed by atoms with van der Waals surface area (Å²) >= 11 is 6.52. The fourth-order valence-electron chi connectivity index (χ4n) is 4.14. The van der Waals surface area contributed by atoms with Crippen LogP contribution in [0.1, 0.15) is 45.4 Å². The molecular weight excluding hydrogens is 480 g/mol. The van der Waals surface area contributed by atoms with E-state index in [0.29, 0.717) is 23.8 Å². The van der Waals surface area contributed by atoms with E-state index in [1.807, 2.05) is 0 Å². The first kappa shape index (κ1) is 28.6. The summed E-state index contributed by atoms with van der Waals surface area (Å²) in [6.07, 6.45) is 10.4. The number of unbranched alkanes of at least 4 members (excludes halogenated alkanes) is 2. The molecule has 0 aromatic carbocycles. The number of aliphatic hydroxyl groups excluding tert-OH is 1.